The van der Waals surface area contributed by atoms with Crippen LogP contribution in [0.4, 0.5) is 0 Å². The Hall–Kier alpha value is -2.99. The number of carboxylic acid groups (broad SMARTS) is 1. The highest BCUT2D eigenvalue weighted by atomic mass is 16.5. The van der Waals surface area contributed by atoms with Crippen LogP contribution in [0.25, 0.3) is 11.4 Å². The van der Waals surface area contributed by atoms with E-state index in [1.54, 1.807) is 12.1 Å². The molecular weight excluding hydrogens is 296 g/mol. The zero-order valence-corrected chi connectivity index (χ0v) is 12.2. The predicted octanol–water partition coefficient (Wildman–Crippen LogP) is 3.15. The number of aromatic nitrogens is 2. The largest absolute Gasteiger partial charge is 0.478 e. The Balaban J connectivity index is 1.64. The van der Waals surface area contributed by atoms with Crippen LogP contribution in [0.2, 0.25) is 0 Å². The van der Waals surface area contributed by atoms with E-state index in [0.717, 1.165) is 5.56 Å². The first-order valence-electron chi connectivity index (χ1n) is 7.00. The van der Waals surface area contributed by atoms with Gasteiger partial charge in [0.1, 0.15) is 6.61 Å². The lowest BCUT2D eigenvalue weighted by Crippen LogP contribution is -1.96. The van der Waals surface area contributed by atoms with Gasteiger partial charge in [-0.15, -0.1) is 0 Å². The first-order chi connectivity index (χ1) is 11.2. The normalized spacial score (nSPS) is 10.6. The summed E-state index contributed by atoms with van der Waals surface area (Å²) in [5.41, 5.74) is 1.82. The fourth-order valence-corrected chi connectivity index (χ4v) is 2.05. The zero-order valence-electron chi connectivity index (χ0n) is 12.2. The molecule has 1 N–H and O–H groups in total. The quantitative estimate of drug-likeness (QED) is 0.752. The fourth-order valence-electron chi connectivity index (χ4n) is 2.05. The minimum Gasteiger partial charge on any atom is -0.478 e. The molecule has 0 aliphatic carbocycles. The molecule has 1 aromatic heterocycles. The lowest BCUT2D eigenvalue weighted by Gasteiger charge is -2.00. The summed E-state index contributed by atoms with van der Waals surface area (Å²) in [6.45, 7) is 0.646. The van der Waals surface area contributed by atoms with Crippen molar-refractivity contribution in [3.63, 3.8) is 0 Å². The van der Waals surface area contributed by atoms with Crippen molar-refractivity contribution in [2.75, 3.05) is 0 Å². The molecule has 0 amide bonds. The van der Waals surface area contributed by atoms with Gasteiger partial charge in [0.25, 0.3) is 5.89 Å². The molecule has 6 nitrogen and oxygen atoms in total. The van der Waals surface area contributed by atoms with Crippen LogP contribution in [-0.2, 0) is 18.0 Å². The predicted molar refractivity (Wildman–Crippen MR) is 81.6 cm³/mol. The average Bonchev–Trinajstić information content (AvgIpc) is 3.05. The molecule has 0 saturated carbocycles. The van der Waals surface area contributed by atoms with Crippen LogP contribution in [0.15, 0.2) is 59.1 Å². The molecule has 0 unspecified atom stereocenters. The minimum absolute atomic E-state index is 0.175. The van der Waals surface area contributed by atoms with E-state index in [0.29, 0.717) is 23.9 Å². The first kappa shape index (κ1) is 14.9. The monoisotopic (exact) mass is 310 g/mol. The highest BCUT2D eigenvalue weighted by molar-refractivity contribution is 5.89. The number of benzene rings is 2. The molecule has 3 rings (SSSR count). The molecule has 0 radical (unpaired) electrons. The van der Waals surface area contributed by atoms with Crippen LogP contribution >= 0.6 is 0 Å². The van der Waals surface area contributed by atoms with Crippen molar-refractivity contribution in [2.24, 2.45) is 0 Å². The molecule has 2 aromatic carbocycles. The molecule has 23 heavy (non-hydrogen) atoms. The number of aromatic carboxylic acids is 1. The first-order valence-corrected chi connectivity index (χ1v) is 7.00. The van der Waals surface area contributed by atoms with Crippen LogP contribution in [0.5, 0.6) is 0 Å². The smallest absolute Gasteiger partial charge is 0.335 e. The molecule has 0 fully saturated rings. The standard InChI is InChI=1S/C17H14N2O4/c20-17(21)14-8-4-7-13(9-14)16-18-15(23-19-16)11-22-10-12-5-2-1-3-6-12/h1-9H,10-11H2,(H,20,21). The van der Waals surface area contributed by atoms with Crippen molar-refractivity contribution in [1.29, 1.82) is 0 Å². The molecule has 0 saturated heterocycles. The van der Waals surface area contributed by atoms with Crippen LogP contribution < -0.4 is 0 Å². The summed E-state index contributed by atoms with van der Waals surface area (Å²) in [5.74, 6) is -0.315. The molecule has 0 spiro atoms. The number of nitrogens with zero attached hydrogens (tertiary/aromatic N) is 2. The van der Waals surface area contributed by atoms with Gasteiger partial charge >= 0.3 is 5.97 Å². The van der Waals surface area contributed by atoms with Crippen LogP contribution in [-0.4, -0.2) is 21.2 Å². The Morgan fingerprint density at radius 2 is 1.91 bits per heavy atom. The van der Waals surface area contributed by atoms with E-state index in [1.807, 2.05) is 30.3 Å². The van der Waals surface area contributed by atoms with Crippen LogP contribution in [0.1, 0.15) is 21.8 Å². The minimum atomic E-state index is -0.998. The molecule has 1 heterocycles. The van der Waals surface area contributed by atoms with Gasteiger partial charge in [0.05, 0.1) is 12.2 Å². The van der Waals surface area contributed by atoms with E-state index >= 15 is 0 Å². The summed E-state index contributed by atoms with van der Waals surface area (Å²) in [5, 5.41) is 12.9. The second-order valence-corrected chi connectivity index (χ2v) is 4.88. The van der Waals surface area contributed by atoms with Gasteiger partial charge in [-0.3, -0.25) is 0 Å². The highest BCUT2D eigenvalue weighted by Gasteiger charge is 2.11. The Bertz CT molecular complexity index is 799. The zero-order chi connectivity index (χ0) is 16.1. The summed E-state index contributed by atoms with van der Waals surface area (Å²) >= 11 is 0. The van der Waals surface area contributed by atoms with Gasteiger partial charge in [0.15, 0.2) is 0 Å². The van der Waals surface area contributed by atoms with Crippen molar-refractivity contribution in [3.8, 4) is 11.4 Å². The van der Waals surface area contributed by atoms with E-state index in [4.69, 9.17) is 14.4 Å². The Morgan fingerprint density at radius 1 is 1.09 bits per heavy atom. The van der Waals surface area contributed by atoms with Gasteiger partial charge in [-0.2, -0.15) is 4.98 Å². The summed E-state index contributed by atoms with van der Waals surface area (Å²) in [6, 6.07) is 16.1. The van der Waals surface area contributed by atoms with E-state index < -0.39 is 5.97 Å². The summed E-state index contributed by atoms with van der Waals surface area (Å²) in [4.78, 5) is 15.2. The molecule has 116 valence electrons. The molecule has 3 aromatic rings. The number of carbonyl (C=O) groups is 1. The number of rotatable bonds is 6. The number of hydrogen-bond acceptors (Lipinski definition) is 5. The maximum atomic E-state index is 11.0. The fraction of sp³-hybridized carbons (Fsp3) is 0.118. The molecule has 6 heteroatoms. The van der Waals surface area contributed by atoms with E-state index in [1.165, 1.54) is 12.1 Å². The molecular formula is C17H14N2O4. The van der Waals surface area contributed by atoms with E-state index in [2.05, 4.69) is 10.1 Å². The van der Waals surface area contributed by atoms with Crippen molar-refractivity contribution in [1.82, 2.24) is 10.1 Å². The highest BCUT2D eigenvalue weighted by Crippen LogP contribution is 2.18. The lowest BCUT2D eigenvalue weighted by atomic mass is 10.1. The van der Waals surface area contributed by atoms with E-state index in [-0.39, 0.29) is 12.2 Å². The SMILES string of the molecule is O=C(O)c1cccc(-c2noc(COCc3ccccc3)n2)c1. The second kappa shape index (κ2) is 6.85. The molecule has 0 aliphatic rings. The number of carboxylic acids is 1. The van der Waals surface area contributed by atoms with Gasteiger partial charge < -0.3 is 14.4 Å². The maximum absolute atomic E-state index is 11.0. The van der Waals surface area contributed by atoms with Crippen molar-refractivity contribution in [3.05, 3.63) is 71.6 Å². The Kier molecular flexibility index (Phi) is 4.44. The molecule has 0 atom stereocenters. The van der Waals surface area contributed by atoms with Gasteiger partial charge in [0.2, 0.25) is 5.82 Å². The second-order valence-electron chi connectivity index (χ2n) is 4.88. The molecule has 0 aliphatic heterocycles. The Labute approximate surface area is 132 Å². The third-order valence-corrected chi connectivity index (χ3v) is 3.17. The maximum Gasteiger partial charge on any atom is 0.335 e. The topological polar surface area (TPSA) is 85.5 Å². The van der Waals surface area contributed by atoms with Crippen LogP contribution in [0, 0.1) is 0 Å². The third kappa shape index (κ3) is 3.81. The average molecular weight is 310 g/mol. The van der Waals surface area contributed by atoms with Gasteiger partial charge in [-0.25, -0.2) is 4.79 Å². The number of hydrogen-bond donors (Lipinski definition) is 1. The van der Waals surface area contributed by atoms with Crippen molar-refractivity contribution < 1.29 is 19.2 Å². The third-order valence-electron chi connectivity index (χ3n) is 3.17. The lowest BCUT2D eigenvalue weighted by molar-refractivity contribution is 0.0697. The van der Waals surface area contributed by atoms with Gasteiger partial charge in [-0.05, 0) is 17.7 Å². The van der Waals surface area contributed by atoms with Gasteiger partial charge in [0, 0.05) is 5.56 Å². The van der Waals surface area contributed by atoms with E-state index in [9.17, 15) is 4.79 Å². The molecule has 0 bridgehead atoms. The summed E-state index contributed by atoms with van der Waals surface area (Å²) in [6.07, 6.45) is 0. The van der Waals surface area contributed by atoms with Crippen molar-refractivity contribution in [2.45, 2.75) is 13.2 Å². The Morgan fingerprint density at radius 3 is 2.70 bits per heavy atom. The summed E-state index contributed by atoms with van der Waals surface area (Å²) < 4.78 is 10.7. The van der Waals surface area contributed by atoms with Gasteiger partial charge in [-0.1, -0.05) is 47.6 Å². The van der Waals surface area contributed by atoms with Crippen LogP contribution in [0.3, 0.4) is 0 Å². The van der Waals surface area contributed by atoms with Crippen molar-refractivity contribution >= 4 is 5.97 Å². The summed E-state index contributed by atoms with van der Waals surface area (Å²) in [7, 11) is 0. The number of ether oxygens (including phenoxy) is 1.